The fourth-order valence-electron chi connectivity index (χ4n) is 3.09. The van der Waals surface area contributed by atoms with Crippen molar-refractivity contribution in [1.82, 2.24) is 5.43 Å². The molecule has 0 aromatic heterocycles. The van der Waals surface area contributed by atoms with Crippen molar-refractivity contribution in [2.24, 2.45) is 5.10 Å². The molecule has 2 aromatic rings. The maximum atomic E-state index is 12.8. The van der Waals surface area contributed by atoms with Crippen LogP contribution in [0.25, 0.3) is 0 Å². The molecule has 0 bridgehead atoms. The largest absolute Gasteiger partial charge is 0.493 e. The zero-order valence-electron chi connectivity index (χ0n) is 20.3. The molecule has 0 heterocycles. The normalized spacial score (nSPS) is 10.6. The number of rotatable bonds is 13. The number of carbonyl (C=O) groups excluding carboxylic acids is 2. The molecule has 0 unspecified atom stereocenters. The van der Waals surface area contributed by atoms with Crippen LogP contribution in [0.5, 0.6) is 28.7 Å². The fourth-order valence-corrected chi connectivity index (χ4v) is 3.09. The molecule has 9 heteroatoms. The van der Waals surface area contributed by atoms with Crippen LogP contribution in [0.1, 0.15) is 55.5 Å². The van der Waals surface area contributed by atoms with E-state index in [1.807, 2.05) is 6.92 Å². The minimum Gasteiger partial charge on any atom is -0.493 e. The van der Waals surface area contributed by atoms with Gasteiger partial charge in [-0.25, -0.2) is 10.2 Å². The Morgan fingerprint density at radius 2 is 1.62 bits per heavy atom. The molecule has 34 heavy (non-hydrogen) atoms. The smallest absolute Gasteiger partial charge is 0.343 e. The quantitative estimate of drug-likeness (QED) is 0.152. The first-order valence-electron chi connectivity index (χ1n) is 11.1. The second-order valence-corrected chi connectivity index (χ2v) is 7.19. The van der Waals surface area contributed by atoms with Crippen LogP contribution in [0, 0.1) is 0 Å². The SMILES string of the molecule is CCCCCC(=O)NN=Cc1ccc(OC(=O)c2cc(OC)c(OC)c(OC)c2)c(OCC)c1. The summed E-state index contributed by atoms with van der Waals surface area (Å²) in [6.07, 6.45) is 4.83. The highest BCUT2D eigenvalue weighted by Crippen LogP contribution is 2.38. The van der Waals surface area contributed by atoms with Gasteiger partial charge in [-0.05, 0) is 49.2 Å². The molecular formula is C25H32N2O7. The van der Waals surface area contributed by atoms with Gasteiger partial charge in [0.05, 0.1) is 39.7 Å². The summed E-state index contributed by atoms with van der Waals surface area (Å²) in [6, 6.07) is 7.99. The van der Waals surface area contributed by atoms with Gasteiger partial charge >= 0.3 is 5.97 Å². The van der Waals surface area contributed by atoms with Gasteiger partial charge in [0, 0.05) is 6.42 Å². The summed E-state index contributed by atoms with van der Waals surface area (Å²) in [5.74, 6) is 0.886. The molecule has 1 amide bonds. The third-order valence-electron chi connectivity index (χ3n) is 4.78. The Hall–Kier alpha value is -3.75. The summed E-state index contributed by atoms with van der Waals surface area (Å²) in [5.41, 5.74) is 3.40. The standard InChI is InChI=1S/C25H32N2O7/c1-6-8-9-10-23(28)27-26-16-17-11-12-19(20(13-17)33-7-2)34-25(29)18-14-21(30-3)24(32-5)22(15-18)31-4/h11-16H,6-10H2,1-5H3,(H,27,28). The van der Waals surface area contributed by atoms with Crippen LogP contribution in [0.15, 0.2) is 35.4 Å². The Morgan fingerprint density at radius 3 is 2.21 bits per heavy atom. The third kappa shape index (κ3) is 7.40. The van der Waals surface area contributed by atoms with Crippen molar-refractivity contribution in [2.45, 2.75) is 39.5 Å². The highest BCUT2D eigenvalue weighted by atomic mass is 16.6. The van der Waals surface area contributed by atoms with Crippen LogP contribution in [0.2, 0.25) is 0 Å². The Bertz CT molecular complexity index is 980. The molecule has 0 saturated carbocycles. The molecule has 0 radical (unpaired) electrons. The minimum atomic E-state index is -0.624. The van der Waals surface area contributed by atoms with E-state index < -0.39 is 5.97 Å². The summed E-state index contributed by atoms with van der Waals surface area (Å²) in [6.45, 7) is 4.27. The predicted molar refractivity (Wildman–Crippen MR) is 129 cm³/mol. The Balaban J connectivity index is 2.17. The second-order valence-electron chi connectivity index (χ2n) is 7.19. The average molecular weight is 473 g/mol. The van der Waals surface area contributed by atoms with E-state index in [0.29, 0.717) is 41.6 Å². The number of nitrogens with zero attached hydrogens (tertiary/aromatic N) is 1. The second kappa shape index (κ2) is 13.7. The molecule has 0 spiro atoms. The van der Waals surface area contributed by atoms with Crippen molar-refractivity contribution in [1.29, 1.82) is 0 Å². The van der Waals surface area contributed by atoms with Crippen molar-refractivity contribution < 1.29 is 33.3 Å². The van der Waals surface area contributed by atoms with E-state index in [4.69, 9.17) is 23.7 Å². The molecule has 0 aliphatic rings. The third-order valence-corrected chi connectivity index (χ3v) is 4.78. The maximum Gasteiger partial charge on any atom is 0.343 e. The first-order chi connectivity index (χ1) is 16.5. The molecule has 1 N–H and O–H groups in total. The summed E-state index contributed by atoms with van der Waals surface area (Å²) >= 11 is 0. The van der Waals surface area contributed by atoms with E-state index in [9.17, 15) is 9.59 Å². The Morgan fingerprint density at radius 1 is 0.912 bits per heavy atom. The van der Waals surface area contributed by atoms with Gasteiger partial charge in [0.1, 0.15) is 0 Å². The van der Waals surface area contributed by atoms with E-state index in [1.165, 1.54) is 39.7 Å². The van der Waals surface area contributed by atoms with Gasteiger partial charge in [-0.2, -0.15) is 5.10 Å². The van der Waals surface area contributed by atoms with Crippen molar-refractivity contribution in [2.75, 3.05) is 27.9 Å². The average Bonchev–Trinajstić information content (AvgIpc) is 2.84. The minimum absolute atomic E-state index is 0.134. The number of ether oxygens (including phenoxy) is 5. The molecule has 0 atom stereocenters. The summed E-state index contributed by atoms with van der Waals surface area (Å²) in [7, 11) is 4.41. The number of hydrogen-bond donors (Lipinski definition) is 1. The van der Waals surface area contributed by atoms with Crippen molar-refractivity contribution in [3.8, 4) is 28.7 Å². The number of hydrogen-bond acceptors (Lipinski definition) is 8. The number of benzene rings is 2. The molecule has 184 valence electrons. The van der Waals surface area contributed by atoms with Crippen LogP contribution in [0.4, 0.5) is 0 Å². The van der Waals surface area contributed by atoms with Crippen molar-refractivity contribution in [3.05, 3.63) is 41.5 Å². The molecule has 0 aliphatic carbocycles. The molecule has 0 fully saturated rings. The van der Waals surface area contributed by atoms with E-state index in [-0.39, 0.29) is 17.2 Å². The number of amides is 1. The predicted octanol–water partition coefficient (Wildman–Crippen LogP) is 4.36. The summed E-state index contributed by atoms with van der Waals surface area (Å²) in [4.78, 5) is 24.6. The lowest BCUT2D eigenvalue weighted by Gasteiger charge is -2.15. The van der Waals surface area contributed by atoms with E-state index in [2.05, 4.69) is 17.5 Å². The van der Waals surface area contributed by atoms with Crippen molar-refractivity contribution >= 4 is 18.1 Å². The molecule has 2 aromatic carbocycles. The van der Waals surface area contributed by atoms with Gasteiger partial charge in [-0.3, -0.25) is 4.79 Å². The van der Waals surface area contributed by atoms with Gasteiger partial charge in [0.25, 0.3) is 0 Å². The Kier molecular flexibility index (Phi) is 10.7. The van der Waals surface area contributed by atoms with E-state index in [1.54, 1.807) is 18.2 Å². The van der Waals surface area contributed by atoms with Crippen LogP contribution in [-0.2, 0) is 4.79 Å². The van der Waals surface area contributed by atoms with Crippen molar-refractivity contribution in [3.63, 3.8) is 0 Å². The molecule has 2 rings (SSSR count). The van der Waals surface area contributed by atoms with Gasteiger partial charge in [0.15, 0.2) is 23.0 Å². The summed E-state index contributed by atoms with van der Waals surface area (Å²) in [5, 5.41) is 3.99. The zero-order valence-corrected chi connectivity index (χ0v) is 20.3. The molecule has 0 aliphatic heterocycles. The fraction of sp³-hybridized carbons (Fsp3) is 0.400. The maximum absolute atomic E-state index is 12.8. The summed E-state index contributed by atoms with van der Waals surface area (Å²) < 4.78 is 27.1. The molecule has 0 saturated heterocycles. The van der Waals surface area contributed by atoms with Crippen LogP contribution < -0.4 is 29.1 Å². The zero-order chi connectivity index (χ0) is 24.9. The van der Waals surface area contributed by atoms with Gasteiger partial charge in [-0.15, -0.1) is 0 Å². The van der Waals surface area contributed by atoms with Gasteiger partial charge in [0.2, 0.25) is 11.7 Å². The number of nitrogens with one attached hydrogen (secondary N) is 1. The first kappa shape index (κ1) is 26.5. The van der Waals surface area contributed by atoms with Gasteiger partial charge < -0.3 is 23.7 Å². The molecule has 9 nitrogen and oxygen atoms in total. The lowest BCUT2D eigenvalue weighted by molar-refractivity contribution is -0.121. The number of carbonyl (C=O) groups is 2. The first-order valence-corrected chi connectivity index (χ1v) is 11.1. The highest BCUT2D eigenvalue weighted by molar-refractivity contribution is 5.93. The van der Waals surface area contributed by atoms with Gasteiger partial charge in [-0.1, -0.05) is 19.8 Å². The number of hydrazone groups is 1. The number of unbranched alkanes of at least 4 members (excludes halogenated alkanes) is 2. The lowest BCUT2D eigenvalue weighted by atomic mass is 10.1. The van der Waals surface area contributed by atoms with Crippen LogP contribution in [0.3, 0.4) is 0 Å². The van der Waals surface area contributed by atoms with E-state index >= 15 is 0 Å². The number of methoxy groups -OCH3 is 3. The van der Waals surface area contributed by atoms with Crippen LogP contribution in [-0.4, -0.2) is 46.0 Å². The van der Waals surface area contributed by atoms with E-state index in [0.717, 1.165) is 19.3 Å². The van der Waals surface area contributed by atoms with Crippen LogP contribution >= 0.6 is 0 Å². The molecular weight excluding hydrogens is 440 g/mol. The topological polar surface area (TPSA) is 105 Å². The highest BCUT2D eigenvalue weighted by Gasteiger charge is 2.19. The number of esters is 1. The monoisotopic (exact) mass is 472 g/mol. The Labute approximate surface area is 200 Å². The lowest BCUT2D eigenvalue weighted by Crippen LogP contribution is -2.16.